The highest BCUT2D eigenvalue weighted by Crippen LogP contribution is 2.26. The van der Waals surface area contributed by atoms with Gasteiger partial charge in [-0.25, -0.2) is 4.39 Å². The molecule has 0 radical (unpaired) electrons. The van der Waals surface area contributed by atoms with Crippen molar-refractivity contribution in [3.05, 3.63) is 71.0 Å². The molecule has 0 bridgehead atoms. The second-order valence-corrected chi connectivity index (χ2v) is 7.56. The monoisotopic (exact) mass is 368 g/mol. The molecule has 1 fully saturated rings. The number of piperazine rings is 1. The fourth-order valence-corrected chi connectivity index (χ4v) is 3.46. The predicted molar refractivity (Wildman–Crippen MR) is 103 cm³/mol. The van der Waals surface area contributed by atoms with Crippen LogP contribution in [0.3, 0.4) is 0 Å². The Morgan fingerprint density at radius 1 is 0.926 bits per heavy atom. The summed E-state index contributed by atoms with van der Waals surface area (Å²) in [5.41, 5.74) is 1.28. The Bertz CT molecular complexity index is 841. The molecule has 1 aliphatic heterocycles. The van der Waals surface area contributed by atoms with Gasteiger partial charge >= 0.3 is 0 Å². The zero-order valence-corrected chi connectivity index (χ0v) is 16.0. The van der Waals surface area contributed by atoms with E-state index < -0.39 is 11.2 Å². The van der Waals surface area contributed by atoms with E-state index in [0.717, 1.165) is 11.1 Å². The molecule has 2 aromatic rings. The average Bonchev–Trinajstić information content (AvgIpc) is 2.69. The third-order valence-corrected chi connectivity index (χ3v) is 5.24. The lowest BCUT2D eigenvalue weighted by Gasteiger charge is -2.38. The van der Waals surface area contributed by atoms with Crippen LogP contribution < -0.4 is 0 Å². The molecule has 4 nitrogen and oxygen atoms in total. The van der Waals surface area contributed by atoms with Crippen molar-refractivity contribution in [2.45, 2.75) is 26.2 Å². The molecule has 0 unspecified atom stereocenters. The van der Waals surface area contributed by atoms with Gasteiger partial charge in [0, 0.05) is 26.2 Å². The van der Waals surface area contributed by atoms with Crippen molar-refractivity contribution in [1.82, 2.24) is 9.80 Å². The lowest BCUT2D eigenvalue weighted by atomic mass is 9.83. The summed E-state index contributed by atoms with van der Waals surface area (Å²) in [5, 5.41) is 0. The summed E-state index contributed by atoms with van der Waals surface area (Å²) in [4.78, 5) is 29.1. The summed E-state index contributed by atoms with van der Waals surface area (Å²) in [6.07, 6.45) is 0. The van der Waals surface area contributed by atoms with E-state index in [1.54, 1.807) is 21.9 Å². The molecule has 0 N–H and O–H groups in total. The Labute approximate surface area is 159 Å². The Kier molecular flexibility index (Phi) is 5.31. The van der Waals surface area contributed by atoms with Crippen molar-refractivity contribution in [3.8, 4) is 0 Å². The molecule has 0 atom stereocenters. The molecule has 0 aliphatic carbocycles. The minimum Gasteiger partial charge on any atom is -0.338 e. The first-order chi connectivity index (χ1) is 12.8. The van der Waals surface area contributed by atoms with Crippen LogP contribution in [-0.2, 0) is 10.2 Å². The van der Waals surface area contributed by atoms with Crippen molar-refractivity contribution < 1.29 is 14.0 Å². The predicted octanol–water partition coefficient (Wildman–Crippen LogP) is 3.40. The van der Waals surface area contributed by atoms with Crippen LogP contribution >= 0.6 is 0 Å². The summed E-state index contributed by atoms with van der Waals surface area (Å²) in [6.45, 7) is 7.39. The largest absolute Gasteiger partial charge is 0.338 e. The zero-order chi connectivity index (χ0) is 19.6. The summed E-state index contributed by atoms with van der Waals surface area (Å²) in [7, 11) is 0. The van der Waals surface area contributed by atoms with Crippen LogP contribution in [0.2, 0.25) is 0 Å². The Balaban J connectivity index is 1.67. The van der Waals surface area contributed by atoms with Crippen molar-refractivity contribution in [3.63, 3.8) is 0 Å². The molecule has 3 rings (SSSR count). The molecule has 1 aliphatic rings. The van der Waals surface area contributed by atoms with Gasteiger partial charge in [-0.05, 0) is 38.5 Å². The lowest BCUT2D eigenvalue weighted by Crippen LogP contribution is -2.54. The zero-order valence-electron chi connectivity index (χ0n) is 16.0. The van der Waals surface area contributed by atoms with E-state index in [1.807, 2.05) is 51.1 Å². The Morgan fingerprint density at radius 2 is 1.52 bits per heavy atom. The van der Waals surface area contributed by atoms with Crippen LogP contribution in [0.1, 0.15) is 35.3 Å². The number of benzene rings is 2. The van der Waals surface area contributed by atoms with Gasteiger partial charge in [-0.1, -0.05) is 42.0 Å². The first-order valence-electron chi connectivity index (χ1n) is 9.21. The number of carbonyl (C=O) groups excluding carboxylic acids is 2. The summed E-state index contributed by atoms with van der Waals surface area (Å²) in [6, 6.07) is 14.2. The van der Waals surface area contributed by atoms with E-state index >= 15 is 0 Å². The van der Waals surface area contributed by atoms with E-state index in [1.165, 1.54) is 6.07 Å². The van der Waals surface area contributed by atoms with E-state index in [2.05, 4.69) is 0 Å². The van der Waals surface area contributed by atoms with Crippen LogP contribution in [-0.4, -0.2) is 47.8 Å². The molecule has 2 aromatic carbocycles. The number of carbonyl (C=O) groups is 2. The van der Waals surface area contributed by atoms with Gasteiger partial charge in [-0.2, -0.15) is 0 Å². The molecule has 27 heavy (non-hydrogen) atoms. The molecule has 1 heterocycles. The average molecular weight is 368 g/mol. The maximum Gasteiger partial charge on any atom is 0.256 e. The summed E-state index contributed by atoms with van der Waals surface area (Å²) < 4.78 is 14.0. The van der Waals surface area contributed by atoms with Crippen molar-refractivity contribution in [2.24, 2.45) is 0 Å². The lowest BCUT2D eigenvalue weighted by molar-refractivity contribution is -0.137. The quantitative estimate of drug-likeness (QED) is 0.833. The highest BCUT2D eigenvalue weighted by Gasteiger charge is 2.35. The fourth-order valence-electron chi connectivity index (χ4n) is 3.46. The molecule has 5 heteroatoms. The second-order valence-electron chi connectivity index (χ2n) is 7.56. The van der Waals surface area contributed by atoms with Gasteiger partial charge in [-0.3, -0.25) is 9.59 Å². The standard InChI is InChI=1S/C22H25FN2O2/c1-16-9-10-19(23)18(15-16)20(26)24-11-13-25(14-12-24)21(27)22(2,3)17-7-5-4-6-8-17/h4-10,15H,11-14H2,1-3H3. The minimum atomic E-state index is -0.629. The van der Waals surface area contributed by atoms with Crippen LogP contribution in [0.25, 0.3) is 0 Å². The number of amides is 2. The van der Waals surface area contributed by atoms with Gasteiger partial charge < -0.3 is 9.80 Å². The topological polar surface area (TPSA) is 40.6 Å². The van der Waals surface area contributed by atoms with E-state index in [0.29, 0.717) is 26.2 Å². The van der Waals surface area contributed by atoms with Crippen molar-refractivity contribution in [1.29, 1.82) is 0 Å². The molecule has 0 aromatic heterocycles. The third-order valence-electron chi connectivity index (χ3n) is 5.24. The fraction of sp³-hybridized carbons (Fsp3) is 0.364. The van der Waals surface area contributed by atoms with Gasteiger partial charge in [0.25, 0.3) is 5.91 Å². The number of hydrogen-bond acceptors (Lipinski definition) is 2. The van der Waals surface area contributed by atoms with Gasteiger partial charge in [0.15, 0.2) is 0 Å². The Hall–Kier alpha value is -2.69. The SMILES string of the molecule is Cc1ccc(F)c(C(=O)N2CCN(C(=O)C(C)(C)c3ccccc3)CC2)c1. The second kappa shape index (κ2) is 7.51. The minimum absolute atomic E-state index is 0.0440. The van der Waals surface area contributed by atoms with Crippen LogP contribution in [0.15, 0.2) is 48.5 Å². The normalized spacial score (nSPS) is 15.0. The molecular formula is C22H25FN2O2. The Morgan fingerprint density at radius 3 is 2.15 bits per heavy atom. The number of nitrogens with zero attached hydrogens (tertiary/aromatic N) is 2. The first kappa shape index (κ1) is 19.1. The smallest absolute Gasteiger partial charge is 0.256 e. The van der Waals surface area contributed by atoms with Crippen LogP contribution in [0.4, 0.5) is 4.39 Å². The van der Waals surface area contributed by atoms with E-state index in [4.69, 9.17) is 0 Å². The maximum atomic E-state index is 14.0. The molecular weight excluding hydrogens is 343 g/mol. The number of aryl methyl sites for hydroxylation is 1. The van der Waals surface area contributed by atoms with Crippen LogP contribution in [0.5, 0.6) is 0 Å². The van der Waals surface area contributed by atoms with Gasteiger partial charge in [0.2, 0.25) is 5.91 Å². The van der Waals surface area contributed by atoms with Gasteiger partial charge in [-0.15, -0.1) is 0 Å². The van der Waals surface area contributed by atoms with Gasteiger partial charge in [0.1, 0.15) is 5.82 Å². The van der Waals surface area contributed by atoms with Crippen LogP contribution in [0, 0.1) is 12.7 Å². The maximum absolute atomic E-state index is 14.0. The molecule has 1 saturated heterocycles. The summed E-state index contributed by atoms with van der Waals surface area (Å²) >= 11 is 0. The van der Waals surface area contributed by atoms with Crippen molar-refractivity contribution in [2.75, 3.05) is 26.2 Å². The summed E-state index contributed by atoms with van der Waals surface area (Å²) in [5.74, 6) is -0.775. The highest BCUT2D eigenvalue weighted by molar-refractivity contribution is 5.95. The number of hydrogen-bond donors (Lipinski definition) is 0. The molecule has 142 valence electrons. The molecule has 0 saturated carbocycles. The van der Waals surface area contributed by atoms with E-state index in [-0.39, 0.29) is 17.4 Å². The van der Waals surface area contributed by atoms with E-state index in [9.17, 15) is 14.0 Å². The third kappa shape index (κ3) is 3.87. The molecule has 0 spiro atoms. The number of halogens is 1. The van der Waals surface area contributed by atoms with Crippen molar-refractivity contribution >= 4 is 11.8 Å². The number of rotatable bonds is 3. The first-order valence-corrected chi connectivity index (χ1v) is 9.21. The van der Waals surface area contributed by atoms with Gasteiger partial charge in [0.05, 0.1) is 11.0 Å². The molecule has 2 amide bonds. The highest BCUT2D eigenvalue weighted by atomic mass is 19.1.